The van der Waals surface area contributed by atoms with Crippen molar-refractivity contribution in [1.82, 2.24) is 14.5 Å². The Balaban J connectivity index is 1.87. The molecule has 4 rings (SSSR count). The Hall–Kier alpha value is -3.40. The zero-order valence-electron chi connectivity index (χ0n) is 14.4. The summed E-state index contributed by atoms with van der Waals surface area (Å²) in [7, 11) is 0. The zero-order valence-corrected chi connectivity index (χ0v) is 14.4. The van der Waals surface area contributed by atoms with Gasteiger partial charge in [-0.2, -0.15) is 0 Å². The van der Waals surface area contributed by atoms with Crippen LogP contribution in [0.5, 0.6) is 5.75 Å². The summed E-state index contributed by atoms with van der Waals surface area (Å²) in [6.45, 7) is 2.13. The normalized spacial score (nSPS) is 12.0. The van der Waals surface area contributed by atoms with E-state index in [2.05, 4.69) is 34.7 Å². The molecule has 4 nitrogen and oxygen atoms in total. The zero-order chi connectivity index (χ0) is 17.9. The smallest absolute Gasteiger partial charge is 0.115 e. The monoisotopic (exact) mass is 341 g/mol. The lowest BCUT2D eigenvalue weighted by molar-refractivity contribution is 0.474. The first-order valence-electron chi connectivity index (χ1n) is 8.55. The maximum Gasteiger partial charge on any atom is 0.115 e. The molecule has 26 heavy (non-hydrogen) atoms. The molecule has 2 aromatic heterocycles. The van der Waals surface area contributed by atoms with Gasteiger partial charge in [0, 0.05) is 23.5 Å². The molecule has 128 valence electrons. The lowest BCUT2D eigenvalue weighted by atomic mass is 10.0. The van der Waals surface area contributed by atoms with Crippen LogP contribution < -0.4 is 0 Å². The van der Waals surface area contributed by atoms with Gasteiger partial charge in [-0.3, -0.25) is 4.98 Å². The van der Waals surface area contributed by atoms with E-state index < -0.39 is 0 Å². The second-order valence-corrected chi connectivity index (χ2v) is 6.22. The van der Waals surface area contributed by atoms with Crippen molar-refractivity contribution in [3.05, 3.63) is 91.0 Å². The number of rotatable bonds is 4. The van der Waals surface area contributed by atoms with Crippen LogP contribution in [0.15, 0.2) is 85.5 Å². The van der Waals surface area contributed by atoms with E-state index in [0.29, 0.717) is 0 Å². The molecule has 0 amide bonds. The number of hydrogen-bond acceptors (Lipinski definition) is 3. The number of benzene rings is 2. The summed E-state index contributed by atoms with van der Waals surface area (Å²) in [6, 6.07) is 21.5. The number of phenolic OH excluding ortho intramolecular Hbond substituents is 1. The van der Waals surface area contributed by atoms with E-state index >= 15 is 0 Å². The highest BCUT2D eigenvalue weighted by molar-refractivity contribution is 5.78. The highest BCUT2D eigenvalue weighted by Crippen LogP contribution is 2.34. The van der Waals surface area contributed by atoms with Crippen molar-refractivity contribution >= 4 is 0 Å². The molecular formula is C22H19N3O. The quantitative estimate of drug-likeness (QED) is 0.573. The fourth-order valence-electron chi connectivity index (χ4n) is 3.16. The van der Waals surface area contributed by atoms with Gasteiger partial charge in [-0.25, -0.2) is 4.98 Å². The van der Waals surface area contributed by atoms with Crippen LogP contribution >= 0.6 is 0 Å². The van der Waals surface area contributed by atoms with Crippen LogP contribution in [-0.2, 0) is 0 Å². The van der Waals surface area contributed by atoms with Crippen molar-refractivity contribution in [2.24, 2.45) is 0 Å². The summed E-state index contributed by atoms with van der Waals surface area (Å²) in [6.07, 6.45) is 5.52. The molecule has 1 N–H and O–H groups in total. The summed E-state index contributed by atoms with van der Waals surface area (Å²) < 4.78 is 2.16. The largest absolute Gasteiger partial charge is 0.508 e. The molecular weight excluding hydrogens is 322 g/mol. The average molecular weight is 341 g/mol. The maximum absolute atomic E-state index is 9.57. The van der Waals surface area contributed by atoms with E-state index in [-0.39, 0.29) is 11.8 Å². The van der Waals surface area contributed by atoms with E-state index in [0.717, 1.165) is 28.1 Å². The van der Waals surface area contributed by atoms with Gasteiger partial charge in [-0.15, -0.1) is 0 Å². The van der Waals surface area contributed by atoms with Crippen molar-refractivity contribution < 1.29 is 5.11 Å². The molecule has 0 saturated carbocycles. The number of pyridine rings is 1. The summed E-state index contributed by atoms with van der Waals surface area (Å²) in [5.41, 5.74) is 5.16. The highest BCUT2D eigenvalue weighted by Gasteiger charge is 2.19. The molecule has 4 aromatic rings. The van der Waals surface area contributed by atoms with Gasteiger partial charge in [-0.1, -0.05) is 42.5 Å². The standard InChI is InChI=1S/C22H19N3O/c1-16(17-9-11-20(26)12-10-17)25-15-24-21(18-6-3-2-4-7-18)22(25)19-8-5-13-23-14-19/h2-16,26H,1H3/t16-/m1/s1. The molecule has 1 atom stereocenters. The third-order valence-corrected chi connectivity index (χ3v) is 4.57. The van der Waals surface area contributed by atoms with Gasteiger partial charge in [0.15, 0.2) is 0 Å². The highest BCUT2D eigenvalue weighted by atomic mass is 16.3. The molecule has 0 aliphatic carbocycles. The summed E-state index contributed by atoms with van der Waals surface area (Å²) in [5, 5.41) is 9.57. The van der Waals surface area contributed by atoms with Gasteiger partial charge >= 0.3 is 0 Å². The van der Waals surface area contributed by atoms with Gasteiger partial charge in [0.05, 0.1) is 23.8 Å². The molecule has 0 bridgehead atoms. The molecule has 0 aliphatic rings. The molecule has 0 saturated heterocycles. The van der Waals surface area contributed by atoms with Crippen molar-refractivity contribution in [2.75, 3.05) is 0 Å². The van der Waals surface area contributed by atoms with Crippen LogP contribution in [0.4, 0.5) is 0 Å². The Morgan fingerprint density at radius 1 is 0.885 bits per heavy atom. The number of aromatic hydroxyl groups is 1. The average Bonchev–Trinajstić information content (AvgIpc) is 3.14. The van der Waals surface area contributed by atoms with Gasteiger partial charge in [-0.05, 0) is 36.8 Å². The minimum absolute atomic E-state index is 0.0655. The van der Waals surface area contributed by atoms with Crippen LogP contribution in [0.25, 0.3) is 22.5 Å². The van der Waals surface area contributed by atoms with Crippen molar-refractivity contribution in [1.29, 1.82) is 0 Å². The second-order valence-electron chi connectivity index (χ2n) is 6.22. The summed E-state index contributed by atoms with van der Waals surface area (Å²) in [5.74, 6) is 0.268. The first-order chi connectivity index (χ1) is 12.7. The first kappa shape index (κ1) is 16.1. The molecule has 2 heterocycles. The molecule has 0 fully saturated rings. The van der Waals surface area contributed by atoms with Crippen LogP contribution in [0, 0.1) is 0 Å². The van der Waals surface area contributed by atoms with E-state index in [4.69, 9.17) is 4.98 Å². The Morgan fingerprint density at radius 3 is 2.31 bits per heavy atom. The number of imidazole rings is 1. The van der Waals surface area contributed by atoms with Gasteiger partial charge in [0.2, 0.25) is 0 Å². The fraction of sp³-hybridized carbons (Fsp3) is 0.0909. The van der Waals surface area contributed by atoms with Gasteiger partial charge < -0.3 is 9.67 Å². The number of hydrogen-bond donors (Lipinski definition) is 1. The number of aromatic nitrogens is 3. The van der Waals surface area contributed by atoms with Crippen LogP contribution in [0.3, 0.4) is 0 Å². The van der Waals surface area contributed by atoms with Gasteiger partial charge in [0.1, 0.15) is 5.75 Å². The maximum atomic E-state index is 9.57. The molecule has 0 spiro atoms. The predicted molar refractivity (Wildman–Crippen MR) is 103 cm³/mol. The van der Waals surface area contributed by atoms with Crippen LogP contribution in [0.2, 0.25) is 0 Å². The van der Waals surface area contributed by atoms with Crippen LogP contribution in [-0.4, -0.2) is 19.6 Å². The Morgan fingerprint density at radius 2 is 1.62 bits per heavy atom. The van der Waals surface area contributed by atoms with Crippen molar-refractivity contribution in [3.63, 3.8) is 0 Å². The first-order valence-corrected chi connectivity index (χ1v) is 8.55. The van der Waals surface area contributed by atoms with Crippen molar-refractivity contribution in [3.8, 4) is 28.3 Å². The lowest BCUT2D eigenvalue weighted by Gasteiger charge is -2.18. The summed E-state index contributed by atoms with van der Waals surface area (Å²) in [4.78, 5) is 9.00. The minimum atomic E-state index is 0.0655. The Labute approximate surface area is 152 Å². The Bertz CT molecular complexity index is 993. The van der Waals surface area contributed by atoms with Gasteiger partial charge in [0.25, 0.3) is 0 Å². The summed E-state index contributed by atoms with van der Waals surface area (Å²) >= 11 is 0. The minimum Gasteiger partial charge on any atom is -0.508 e. The lowest BCUT2D eigenvalue weighted by Crippen LogP contribution is -2.07. The van der Waals surface area contributed by atoms with E-state index in [1.54, 1.807) is 18.3 Å². The van der Waals surface area contributed by atoms with Crippen LogP contribution in [0.1, 0.15) is 18.5 Å². The number of nitrogens with zero attached hydrogens (tertiary/aromatic N) is 3. The predicted octanol–water partition coefficient (Wildman–Crippen LogP) is 4.93. The number of phenols is 1. The molecule has 4 heteroatoms. The van der Waals surface area contributed by atoms with E-state index in [1.165, 1.54) is 0 Å². The molecule has 0 aliphatic heterocycles. The fourth-order valence-corrected chi connectivity index (χ4v) is 3.16. The molecule has 2 aromatic carbocycles. The Kier molecular flexibility index (Phi) is 4.23. The van der Waals surface area contributed by atoms with E-state index in [9.17, 15) is 5.11 Å². The van der Waals surface area contributed by atoms with E-state index in [1.807, 2.05) is 48.9 Å². The third-order valence-electron chi connectivity index (χ3n) is 4.57. The molecule has 0 unspecified atom stereocenters. The van der Waals surface area contributed by atoms with Crippen molar-refractivity contribution in [2.45, 2.75) is 13.0 Å². The third kappa shape index (κ3) is 2.97. The topological polar surface area (TPSA) is 50.9 Å². The second kappa shape index (κ2) is 6.84. The molecule has 0 radical (unpaired) electrons. The SMILES string of the molecule is C[C@H](c1ccc(O)cc1)n1cnc(-c2ccccc2)c1-c1cccnc1.